The summed E-state index contributed by atoms with van der Waals surface area (Å²) >= 11 is 5.88. The van der Waals surface area contributed by atoms with Gasteiger partial charge >= 0.3 is 5.97 Å². The summed E-state index contributed by atoms with van der Waals surface area (Å²) < 4.78 is 10.5. The molecule has 29 heavy (non-hydrogen) atoms. The third-order valence-corrected chi connectivity index (χ3v) is 4.14. The highest BCUT2D eigenvalue weighted by Crippen LogP contribution is 2.19. The van der Waals surface area contributed by atoms with Crippen LogP contribution in [0.3, 0.4) is 0 Å². The van der Waals surface area contributed by atoms with E-state index in [1.54, 1.807) is 73.8 Å². The maximum absolute atomic E-state index is 12.4. The Balaban J connectivity index is 1.68. The van der Waals surface area contributed by atoms with Gasteiger partial charge in [-0.25, -0.2) is 10.2 Å². The Hall–Kier alpha value is -3.64. The Morgan fingerprint density at radius 3 is 2.45 bits per heavy atom. The number of hydrogen-bond acceptors (Lipinski definition) is 5. The van der Waals surface area contributed by atoms with Gasteiger partial charge in [0.15, 0.2) is 0 Å². The number of methoxy groups -OCH3 is 1. The molecular formula is C22H17ClN2O4. The molecule has 0 aromatic heterocycles. The third-order valence-electron chi connectivity index (χ3n) is 3.90. The largest absolute Gasteiger partial charge is 0.497 e. The normalized spacial score (nSPS) is 10.6. The van der Waals surface area contributed by atoms with Crippen LogP contribution in [0.4, 0.5) is 0 Å². The number of nitrogens with zero attached hydrogens (tertiary/aromatic N) is 1. The van der Waals surface area contributed by atoms with E-state index in [-0.39, 0.29) is 0 Å². The molecule has 0 heterocycles. The number of halogens is 1. The molecule has 0 saturated heterocycles. The minimum absolute atomic E-state index is 0.314. The number of hydrogen-bond donors (Lipinski definition) is 1. The average Bonchev–Trinajstić information content (AvgIpc) is 2.75. The smallest absolute Gasteiger partial charge is 0.343 e. The monoisotopic (exact) mass is 408 g/mol. The van der Waals surface area contributed by atoms with Crippen molar-refractivity contribution >= 4 is 29.7 Å². The minimum atomic E-state index is -0.517. The second-order valence-electron chi connectivity index (χ2n) is 5.87. The van der Waals surface area contributed by atoms with Crippen molar-refractivity contribution in [3.05, 3.63) is 94.5 Å². The van der Waals surface area contributed by atoms with Gasteiger partial charge in [-0.1, -0.05) is 29.8 Å². The number of rotatable bonds is 6. The first-order chi connectivity index (χ1) is 14.1. The van der Waals surface area contributed by atoms with Crippen molar-refractivity contribution in [2.75, 3.05) is 7.11 Å². The zero-order chi connectivity index (χ0) is 20.6. The summed E-state index contributed by atoms with van der Waals surface area (Å²) in [4.78, 5) is 24.5. The van der Waals surface area contributed by atoms with E-state index in [4.69, 9.17) is 21.1 Å². The molecule has 3 rings (SSSR count). The lowest BCUT2D eigenvalue weighted by Crippen LogP contribution is -2.17. The molecule has 0 saturated carbocycles. The molecule has 7 heteroatoms. The van der Waals surface area contributed by atoms with E-state index in [1.807, 2.05) is 0 Å². The highest BCUT2D eigenvalue weighted by molar-refractivity contribution is 6.30. The number of carbonyl (C=O) groups excluding carboxylic acids is 2. The Labute approximate surface area is 172 Å². The van der Waals surface area contributed by atoms with Gasteiger partial charge in [-0.05, 0) is 54.6 Å². The molecule has 146 valence electrons. The molecule has 0 spiro atoms. The van der Waals surface area contributed by atoms with Crippen LogP contribution in [-0.4, -0.2) is 25.2 Å². The van der Waals surface area contributed by atoms with Gasteiger partial charge in [-0.15, -0.1) is 0 Å². The van der Waals surface area contributed by atoms with E-state index in [0.717, 1.165) is 0 Å². The summed E-state index contributed by atoms with van der Waals surface area (Å²) in [5, 5.41) is 4.39. The second kappa shape index (κ2) is 9.52. The fourth-order valence-corrected chi connectivity index (χ4v) is 2.61. The van der Waals surface area contributed by atoms with Crippen molar-refractivity contribution < 1.29 is 19.1 Å². The van der Waals surface area contributed by atoms with Gasteiger partial charge in [0.2, 0.25) is 0 Å². The summed E-state index contributed by atoms with van der Waals surface area (Å²) in [7, 11) is 1.55. The molecule has 6 nitrogen and oxygen atoms in total. The Bertz CT molecular complexity index is 1050. The zero-order valence-corrected chi connectivity index (χ0v) is 16.2. The number of carbonyl (C=O) groups is 2. The SMILES string of the molecule is COc1ccc(C(=O)Oc2ccccc2/C=N\NC(=O)c2cccc(Cl)c2)cc1. The van der Waals surface area contributed by atoms with Crippen LogP contribution in [0.5, 0.6) is 11.5 Å². The molecule has 0 aliphatic heterocycles. The van der Waals surface area contributed by atoms with E-state index >= 15 is 0 Å². The first-order valence-electron chi connectivity index (χ1n) is 8.61. The molecule has 0 aliphatic rings. The van der Waals surface area contributed by atoms with E-state index in [1.165, 1.54) is 12.3 Å². The highest BCUT2D eigenvalue weighted by atomic mass is 35.5. The van der Waals surface area contributed by atoms with Gasteiger partial charge < -0.3 is 9.47 Å². The molecule has 0 radical (unpaired) electrons. The predicted octanol–water partition coefficient (Wildman–Crippen LogP) is 4.33. The summed E-state index contributed by atoms with van der Waals surface area (Å²) in [5.41, 5.74) is 3.71. The van der Waals surface area contributed by atoms with E-state index in [0.29, 0.717) is 33.2 Å². The lowest BCUT2D eigenvalue weighted by molar-refractivity contribution is 0.0734. The van der Waals surface area contributed by atoms with Crippen LogP contribution in [0.25, 0.3) is 0 Å². The van der Waals surface area contributed by atoms with Crippen molar-refractivity contribution in [2.45, 2.75) is 0 Å². The Kier molecular flexibility index (Phi) is 6.60. The lowest BCUT2D eigenvalue weighted by Gasteiger charge is -2.08. The van der Waals surface area contributed by atoms with Crippen molar-refractivity contribution in [3.63, 3.8) is 0 Å². The van der Waals surface area contributed by atoms with Crippen molar-refractivity contribution in [1.82, 2.24) is 5.43 Å². The van der Waals surface area contributed by atoms with Crippen LogP contribution in [0, 0.1) is 0 Å². The number of para-hydroxylation sites is 1. The Morgan fingerprint density at radius 1 is 0.966 bits per heavy atom. The topological polar surface area (TPSA) is 77.0 Å². The van der Waals surface area contributed by atoms with Crippen molar-refractivity contribution in [2.24, 2.45) is 5.10 Å². The first-order valence-corrected chi connectivity index (χ1v) is 8.99. The van der Waals surface area contributed by atoms with Gasteiger partial charge in [0.05, 0.1) is 18.9 Å². The van der Waals surface area contributed by atoms with Crippen LogP contribution in [-0.2, 0) is 0 Å². The molecule has 0 unspecified atom stereocenters. The molecule has 0 atom stereocenters. The average molecular weight is 409 g/mol. The van der Waals surface area contributed by atoms with E-state index in [2.05, 4.69) is 10.5 Å². The quantitative estimate of drug-likeness (QED) is 0.285. The number of ether oxygens (including phenoxy) is 2. The van der Waals surface area contributed by atoms with Crippen LogP contribution < -0.4 is 14.9 Å². The third kappa shape index (κ3) is 5.43. The zero-order valence-electron chi connectivity index (χ0n) is 15.5. The summed E-state index contributed by atoms with van der Waals surface area (Å²) in [6, 6.07) is 20.0. The van der Waals surface area contributed by atoms with Crippen molar-refractivity contribution in [3.8, 4) is 11.5 Å². The maximum atomic E-state index is 12.4. The van der Waals surface area contributed by atoms with Gasteiger partial charge in [0.1, 0.15) is 11.5 Å². The molecule has 3 aromatic carbocycles. The molecule has 3 aromatic rings. The number of benzene rings is 3. The van der Waals surface area contributed by atoms with Crippen LogP contribution in [0.15, 0.2) is 77.9 Å². The summed E-state index contributed by atoms with van der Waals surface area (Å²) in [6.45, 7) is 0. The predicted molar refractivity (Wildman–Crippen MR) is 111 cm³/mol. The fraction of sp³-hybridized carbons (Fsp3) is 0.0455. The van der Waals surface area contributed by atoms with E-state index < -0.39 is 11.9 Å². The molecule has 0 aliphatic carbocycles. The number of amides is 1. The fourth-order valence-electron chi connectivity index (χ4n) is 2.42. The van der Waals surface area contributed by atoms with Gasteiger partial charge in [0, 0.05) is 16.1 Å². The van der Waals surface area contributed by atoms with Gasteiger partial charge in [0.25, 0.3) is 5.91 Å². The molecule has 1 amide bonds. The van der Waals surface area contributed by atoms with Crippen molar-refractivity contribution in [1.29, 1.82) is 0 Å². The summed E-state index contributed by atoms with van der Waals surface area (Å²) in [5.74, 6) is 0.0338. The second-order valence-corrected chi connectivity index (χ2v) is 6.30. The van der Waals surface area contributed by atoms with E-state index in [9.17, 15) is 9.59 Å². The first kappa shape index (κ1) is 20.1. The molecule has 0 fully saturated rings. The van der Waals surface area contributed by atoms with Crippen LogP contribution in [0.1, 0.15) is 26.3 Å². The molecular weight excluding hydrogens is 392 g/mol. The Morgan fingerprint density at radius 2 is 1.72 bits per heavy atom. The maximum Gasteiger partial charge on any atom is 0.343 e. The van der Waals surface area contributed by atoms with Crippen LogP contribution in [0.2, 0.25) is 5.02 Å². The minimum Gasteiger partial charge on any atom is -0.497 e. The molecule has 0 bridgehead atoms. The van der Waals surface area contributed by atoms with Crippen LogP contribution >= 0.6 is 11.6 Å². The number of esters is 1. The standard InChI is InChI=1S/C22H17ClN2O4/c1-28-19-11-9-15(10-12-19)22(27)29-20-8-3-2-5-17(20)14-24-25-21(26)16-6-4-7-18(23)13-16/h2-14H,1H3,(H,25,26)/b24-14-. The molecule has 1 N–H and O–H groups in total. The number of hydrazone groups is 1. The lowest BCUT2D eigenvalue weighted by atomic mass is 10.2. The van der Waals surface area contributed by atoms with Gasteiger partial charge in [-0.3, -0.25) is 4.79 Å². The summed E-state index contributed by atoms with van der Waals surface area (Å²) in [6.07, 6.45) is 1.40. The highest BCUT2D eigenvalue weighted by Gasteiger charge is 2.11. The number of nitrogens with one attached hydrogen (secondary N) is 1. The van der Waals surface area contributed by atoms with Gasteiger partial charge in [-0.2, -0.15) is 5.10 Å².